The number of likely N-dealkylation sites (tertiary alicyclic amines) is 1. The molecule has 3 heterocycles. The van der Waals surface area contributed by atoms with E-state index in [1.165, 1.54) is 12.1 Å². The summed E-state index contributed by atoms with van der Waals surface area (Å²) in [4.78, 5) is 16.0. The van der Waals surface area contributed by atoms with Crippen molar-refractivity contribution < 1.29 is 9.18 Å². The third-order valence-corrected chi connectivity index (χ3v) is 6.56. The number of benzene rings is 2. The van der Waals surface area contributed by atoms with Gasteiger partial charge in [-0.1, -0.05) is 11.6 Å². The predicted molar refractivity (Wildman–Crippen MR) is 120 cm³/mol. The van der Waals surface area contributed by atoms with E-state index in [-0.39, 0.29) is 17.9 Å². The van der Waals surface area contributed by atoms with E-state index in [0.29, 0.717) is 5.02 Å². The Hall–Kier alpha value is -2.64. The molecule has 1 aromatic heterocycles. The van der Waals surface area contributed by atoms with Crippen molar-refractivity contribution in [3.05, 3.63) is 53.3 Å². The van der Waals surface area contributed by atoms with Crippen molar-refractivity contribution in [2.24, 2.45) is 0 Å². The van der Waals surface area contributed by atoms with E-state index in [1.54, 1.807) is 12.1 Å². The van der Waals surface area contributed by atoms with Crippen LogP contribution < -0.4 is 5.32 Å². The van der Waals surface area contributed by atoms with Crippen LogP contribution in [0.1, 0.15) is 18.9 Å². The number of amides is 2. The molecule has 6 nitrogen and oxygen atoms in total. The Morgan fingerprint density at radius 3 is 2.55 bits per heavy atom. The Labute approximate surface area is 185 Å². The van der Waals surface area contributed by atoms with Crippen molar-refractivity contribution in [2.75, 3.05) is 39.3 Å². The highest BCUT2D eigenvalue weighted by Crippen LogP contribution is 2.34. The second-order valence-corrected chi connectivity index (χ2v) is 8.69. The standard InChI is InChI=1S/C23H25ClFN5O/c24-17-3-6-20-21(15-17)30(27-22(20)16-1-4-18(25)5-2-16)19-7-10-28(11-8-19)13-14-29-12-9-26-23(29)31/h1-6,15,19H,7-14H2,(H,26,31). The summed E-state index contributed by atoms with van der Waals surface area (Å²) in [5, 5.41) is 9.51. The molecule has 0 atom stereocenters. The SMILES string of the molecule is O=C1NCCN1CCN1CCC(n2nc(-c3ccc(F)cc3)c3ccc(Cl)cc32)CC1. The Bertz CT molecular complexity index is 1090. The van der Waals surface area contributed by atoms with Crippen LogP contribution in [0, 0.1) is 5.82 Å². The van der Waals surface area contributed by atoms with Crippen molar-refractivity contribution in [3.8, 4) is 11.3 Å². The number of aromatic nitrogens is 2. The molecule has 162 valence electrons. The van der Waals surface area contributed by atoms with E-state index in [4.69, 9.17) is 16.7 Å². The Morgan fingerprint density at radius 2 is 1.84 bits per heavy atom. The van der Waals surface area contributed by atoms with Gasteiger partial charge in [0.05, 0.1) is 11.6 Å². The van der Waals surface area contributed by atoms with E-state index in [1.807, 2.05) is 23.1 Å². The minimum Gasteiger partial charge on any atom is -0.336 e. The van der Waals surface area contributed by atoms with Crippen molar-refractivity contribution in [1.82, 2.24) is 24.9 Å². The summed E-state index contributed by atoms with van der Waals surface area (Å²) in [6, 6.07) is 12.6. The molecule has 2 aromatic carbocycles. The lowest BCUT2D eigenvalue weighted by Gasteiger charge is -2.33. The van der Waals surface area contributed by atoms with Gasteiger partial charge in [-0.3, -0.25) is 4.68 Å². The highest BCUT2D eigenvalue weighted by Gasteiger charge is 2.26. The molecule has 31 heavy (non-hydrogen) atoms. The van der Waals surface area contributed by atoms with Gasteiger partial charge >= 0.3 is 6.03 Å². The quantitative estimate of drug-likeness (QED) is 0.647. The minimum absolute atomic E-state index is 0.0445. The topological polar surface area (TPSA) is 53.4 Å². The fourth-order valence-electron chi connectivity index (χ4n) is 4.58. The zero-order chi connectivity index (χ0) is 21.4. The third kappa shape index (κ3) is 4.12. The molecule has 0 unspecified atom stereocenters. The van der Waals surface area contributed by atoms with Crippen LogP contribution in [0.15, 0.2) is 42.5 Å². The molecule has 5 rings (SSSR count). The lowest BCUT2D eigenvalue weighted by atomic mass is 10.0. The van der Waals surface area contributed by atoms with Gasteiger partial charge in [-0.05, 0) is 55.3 Å². The van der Waals surface area contributed by atoms with Crippen LogP contribution in [0.2, 0.25) is 5.02 Å². The van der Waals surface area contributed by atoms with Crippen LogP contribution >= 0.6 is 11.6 Å². The summed E-state index contributed by atoms with van der Waals surface area (Å²) in [5.74, 6) is -0.255. The van der Waals surface area contributed by atoms with Gasteiger partial charge < -0.3 is 15.1 Å². The lowest BCUT2D eigenvalue weighted by Crippen LogP contribution is -2.41. The first-order valence-corrected chi connectivity index (χ1v) is 11.1. The van der Waals surface area contributed by atoms with Gasteiger partial charge in [0, 0.05) is 55.2 Å². The number of nitrogens with zero attached hydrogens (tertiary/aromatic N) is 4. The van der Waals surface area contributed by atoms with Crippen LogP contribution in [-0.2, 0) is 0 Å². The lowest BCUT2D eigenvalue weighted by molar-refractivity contribution is 0.163. The second-order valence-electron chi connectivity index (χ2n) is 8.25. The highest BCUT2D eigenvalue weighted by atomic mass is 35.5. The molecule has 3 aromatic rings. The smallest absolute Gasteiger partial charge is 0.317 e. The number of hydrogen-bond acceptors (Lipinski definition) is 3. The van der Waals surface area contributed by atoms with E-state index in [9.17, 15) is 9.18 Å². The number of halogens is 2. The molecule has 0 radical (unpaired) electrons. The van der Waals surface area contributed by atoms with Gasteiger partial charge in [0.2, 0.25) is 0 Å². The molecule has 2 aliphatic rings. The summed E-state index contributed by atoms with van der Waals surface area (Å²) in [6.45, 7) is 5.13. The fraction of sp³-hybridized carbons (Fsp3) is 0.391. The van der Waals surface area contributed by atoms with Crippen molar-refractivity contribution >= 4 is 28.5 Å². The Balaban J connectivity index is 1.34. The maximum absolute atomic E-state index is 13.4. The first kappa shape index (κ1) is 20.3. The normalized spacial score (nSPS) is 18.1. The summed E-state index contributed by atoms with van der Waals surface area (Å²) in [7, 11) is 0. The predicted octanol–water partition coefficient (Wildman–Crippen LogP) is 4.16. The number of rotatable bonds is 5. The first-order valence-electron chi connectivity index (χ1n) is 10.8. The fourth-order valence-corrected chi connectivity index (χ4v) is 4.75. The van der Waals surface area contributed by atoms with E-state index >= 15 is 0 Å². The molecular weight excluding hydrogens is 417 g/mol. The number of hydrogen-bond donors (Lipinski definition) is 1. The van der Waals surface area contributed by atoms with Crippen LogP contribution in [0.25, 0.3) is 22.2 Å². The van der Waals surface area contributed by atoms with Gasteiger partial charge in [0.15, 0.2) is 0 Å². The number of fused-ring (bicyclic) bond motifs is 1. The zero-order valence-electron chi connectivity index (χ0n) is 17.2. The number of carbonyl (C=O) groups is 1. The molecule has 8 heteroatoms. The number of nitrogens with one attached hydrogen (secondary N) is 1. The third-order valence-electron chi connectivity index (χ3n) is 6.32. The van der Waals surface area contributed by atoms with Crippen molar-refractivity contribution in [3.63, 3.8) is 0 Å². The molecule has 0 saturated carbocycles. The van der Waals surface area contributed by atoms with Crippen LogP contribution in [0.5, 0.6) is 0 Å². The number of carbonyl (C=O) groups excluding carboxylic acids is 1. The monoisotopic (exact) mass is 441 g/mol. The maximum atomic E-state index is 13.4. The number of urea groups is 1. The molecule has 2 aliphatic heterocycles. The zero-order valence-corrected chi connectivity index (χ0v) is 18.0. The summed E-state index contributed by atoms with van der Waals surface area (Å²) in [6.07, 6.45) is 1.97. The molecule has 0 bridgehead atoms. The van der Waals surface area contributed by atoms with Gasteiger partial charge in [-0.15, -0.1) is 0 Å². The van der Waals surface area contributed by atoms with Crippen molar-refractivity contribution in [2.45, 2.75) is 18.9 Å². The first-order chi connectivity index (χ1) is 15.1. The van der Waals surface area contributed by atoms with Crippen LogP contribution in [-0.4, -0.2) is 64.9 Å². The van der Waals surface area contributed by atoms with E-state index < -0.39 is 0 Å². The highest BCUT2D eigenvalue weighted by molar-refractivity contribution is 6.31. The minimum atomic E-state index is -0.255. The van der Waals surface area contributed by atoms with Gasteiger partial charge in [0.25, 0.3) is 0 Å². The van der Waals surface area contributed by atoms with Gasteiger partial charge in [-0.2, -0.15) is 5.10 Å². The maximum Gasteiger partial charge on any atom is 0.317 e. The van der Waals surface area contributed by atoms with E-state index in [2.05, 4.69) is 14.9 Å². The molecular formula is C23H25ClFN5O. The molecule has 1 N–H and O–H groups in total. The molecule has 2 saturated heterocycles. The second kappa shape index (κ2) is 8.48. The van der Waals surface area contributed by atoms with E-state index in [0.717, 1.165) is 74.3 Å². The molecule has 0 aliphatic carbocycles. The number of piperidine rings is 1. The Kier molecular flexibility index (Phi) is 5.54. The molecule has 0 spiro atoms. The summed E-state index contributed by atoms with van der Waals surface area (Å²) >= 11 is 6.31. The molecule has 2 amide bonds. The summed E-state index contributed by atoms with van der Waals surface area (Å²) < 4.78 is 15.5. The summed E-state index contributed by atoms with van der Waals surface area (Å²) in [5.41, 5.74) is 2.77. The average Bonchev–Trinajstić information content (AvgIpc) is 3.36. The van der Waals surface area contributed by atoms with Crippen molar-refractivity contribution in [1.29, 1.82) is 0 Å². The molecule has 2 fully saturated rings. The Morgan fingerprint density at radius 1 is 1.06 bits per heavy atom. The van der Waals surface area contributed by atoms with Gasteiger partial charge in [-0.25, -0.2) is 9.18 Å². The largest absolute Gasteiger partial charge is 0.336 e. The van der Waals surface area contributed by atoms with Gasteiger partial charge in [0.1, 0.15) is 11.5 Å². The van der Waals surface area contributed by atoms with Crippen LogP contribution in [0.4, 0.5) is 9.18 Å². The average molecular weight is 442 g/mol. The van der Waals surface area contributed by atoms with Crippen LogP contribution in [0.3, 0.4) is 0 Å².